The second-order valence-corrected chi connectivity index (χ2v) is 5.21. The summed E-state index contributed by atoms with van der Waals surface area (Å²) < 4.78 is 7.40. The third-order valence-electron chi connectivity index (χ3n) is 2.85. The third kappa shape index (κ3) is 4.77. The van der Waals surface area contributed by atoms with E-state index in [2.05, 4.69) is 44.3 Å². The first kappa shape index (κ1) is 14.0. The van der Waals surface area contributed by atoms with Gasteiger partial charge >= 0.3 is 0 Å². The standard InChI is InChI=1S/C13H25N3O/c1-6-7-16-10-12(9-14-16)15-11(2)8-13(3,4)17-5/h9-11,15H,6-8H2,1-5H3. The minimum atomic E-state index is -0.0914. The second-order valence-electron chi connectivity index (χ2n) is 5.21. The summed E-state index contributed by atoms with van der Waals surface area (Å²) in [5.41, 5.74) is 0.990. The van der Waals surface area contributed by atoms with E-state index in [9.17, 15) is 0 Å². The van der Waals surface area contributed by atoms with Gasteiger partial charge in [-0.1, -0.05) is 6.92 Å². The highest BCUT2D eigenvalue weighted by molar-refractivity contribution is 5.39. The Kier molecular flexibility index (Phi) is 5.00. The molecule has 4 nitrogen and oxygen atoms in total. The molecule has 1 rings (SSSR count). The molecule has 0 aromatic carbocycles. The van der Waals surface area contributed by atoms with Crippen LogP contribution in [0.1, 0.15) is 40.5 Å². The molecule has 0 aliphatic heterocycles. The van der Waals surface area contributed by atoms with Crippen LogP contribution in [0.4, 0.5) is 5.69 Å². The lowest BCUT2D eigenvalue weighted by molar-refractivity contribution is 0.0128. The van der Waals surface area contributed by atoms with E-state index in [1.165, 1.54) is 0 Å². The first-order valence-corrected chi connectivity index (χ1v) is 6.31. The predicted molar refractivity (Wildman–Crippen MR) is 71.3 cm³/mol. The minimum absolute atomic E-state index is 0.0914. The molecule has 1 atom stereocenters. The van der Waals surface area contributed by atoms with Crippen LogP contribution in [0.5, 0.6) is 0 Å². The molecule has 1 unspecified atom stereocenters. The van der Waals surface area contributed by atoms with E-state index in [0.29, 0.717) is 6.04 Å². The van der Waals surface area contributed by atoms with Crippen molar-refractivity contribution in [3.05, 3.63) is 12.4 Å². The number of ether oxygens (including phenoxy) is 1. The van der Waals surface area contributed by atoms with Crippen molar-refractivity contribution in [1.82, 2.24) is 9.78 Å². The van der Waals surface area contributed by atoms with Gasteiger partial charge in [0.15, 0.2) is 0 Å². The lowest BCUT2D eigenvalue weighted by Gasteiger charge is -2.27. The molecule has 17 heavy (non-hydrogen) atoms. The van der Waals surface area contributed by atoms with Crippen molar-refractivity contribution in [2.24, 2.45) is 0 Å². The molecule has 1 aromatic rings. The van der Waals surface area contributed by atoms with Crippen molar-refractivity contribution in [3.8, 4) is 0 Å². The van der Waals surface area contributed by atoms with Crippen LogP contribution in [0.25, 0.3) is 0 Å². The predicted octanol–water partition coefficient (Wildman–Crippen LogP) is 2.91. The summed E-state index contributed by atoms with van der Waals surface area (Å²) in [6, 6.07) is 0.365. The summed E-state index contributed by atoms with van der Waals surface area (Å²) in [6.07, 6.45) is 6.00. The van der Waals surface area contributed by atoms with Crippen LogP contribution >= 0.6 is 0 Å². The zero-order valence-electron chi connectivity index (χ0n) is 11.7. The molecule has 98 valence electrons. The van der Waals surface area contributed by atoms with Gasteiger partial charge in [-0.3, -0.25) is 4.68 Å². The summed E-state index contributed by atoms with van der Waals surface area (Å²) in [5.74, 6) is 0. The Labute approximate surface area is 104 Å². The van der Waals surface area contributed by atoms with Crippen molar-refractivity contribution in [2.45, 2.75) is 58.7 Å². The fourth-order valence-corrected chi connectivity index (χ4v) is 1.95. The number of hydrogen-bond donors (Lipinski definition) is 1. The van der Waals surface area contributed by atoms with Gasteiger partial charge in [0.25, 0.3) is 0 Å². The van der Waals surface area contributed by atoms with E-state index in [1.807, 2.05) is 10.9 Å². The Morgan fingerprint density at radius 1 is 1.53 bits per heavy atom. The molecule has 4 heteroatoms. The van der Waals surface area contributed by atoms with E-state index >= 15 is 0 Å². The molecule has 1 aromatic heterocycles. The minimum Gasteiger partial charge on any atom is -0.380 e. The van der Waals surface area contributed by atoms with Crippen LogP contribution in [0.3, 0.4) is 0 Å². The highest BCUT2D eigenvalue weighted by atomic mass is 16.5. The summed E-state index contributed by atoms with van der Waals surface area (Å²) in [6.45, 7) is 9.49. The third-order valence-corrected chi connectivity index (χ3v) is 2.85. The first-order valence-electron chi connectivity index (χ1n) is 6.31. The number of rotatable bonds is 7. The van der Waals surface area contributed by atoms with E-state index < -0.39 is 0 Å². The summed E-state index contributed by atoms with van der Waals surface area (Å²) in [5, 5.41) is 7.75. The van der Waals surface area contributed by atoms with Crippen LogP contribution < -0.4 is 5.32 Å². The fraction of sp³-hybridized carbons (Fsp3) is 0.769. The Morgan fingerprint density at radius 2 is 2.24 bits per heavy atom. The van der Waals surface area contributed by atoms with E-state index in [4.69, 9.17) is 4.74 Å². The second kappa shape index (κ2) is 6.05. The normalized spacial score (nSPS) is 13.7. The lowest BCUT2D eigenvalue weighted by Crippen LogP contribution is -2.31. The maximum Gasteiger partial charge on any atom is 0.0728 e. The zero-order chi connectivity index (χ0) is 12.9. The van der Waals surface area contributed by atoms with Gasteiger partial charge in [-0.15, -0.1) is 0 Å². The SMILES string of the molecule is CCCn1cc(NC(C)CC(C)(C)OC)cn1. The Hall–Kier alpha value is -1.03. The molecule has 0 fully saturated rings. The molecular formula is C13H25N3O. The number of nitrogens with zero attached hydrogens (tertiary/aromatic N) is 2. The Bertz CT molecular complexity index is 333. The van der Waals surface area contributed by atoms with Crippen molar-refractivity contribution >= 4 is 5.69 Å². The fourth-order valence-electron chi connectivity index (χ4n) is 1.95. The van der Waals surface area contributed by atoms with Crippen LogP contribution in [-0.4, -0.2) is 28.5 Å². The molecule has 0 spiro atoms. The van der Waals surface area contributed by atoms with E-state index in [-0.39, 0.29) is 5.60 Å². The largest absolute Gasteiger partial charge is 0.380 e. The number of aromatic nitrogens is 2. The van der Waals surface area contributed by atoms with Crippen molar-refractivity contribution in [1.29, 1.82) is 0 Å². The Morgan fingerprint density at radius 3 is 2.82 bits per heavy atom. The average molecular weight is 239 g/mol. The van der Waals surface area contributed by atoms with E-state index in [0.717, 1.165) is 25.1 Å². The lowest BCUT2D eigenvalue weighted by atomic mass is 10.00. The summed E-state index contributed by atoms with van der Waals surface area (Å²) in [4.78, 5) is 0. The van der Waals surface area contributed by atoms with Crippen molar-refractivity contribution < 1.29 is 4.74 Å². The van der Waals surface area contributed by atoms with Crippen LogP contribution in [0.15, 0.2) is 12.4 Å². The van der Waals surface area contributed by atoms with Crippen molar-refractivity contribution in [3.63, 3.8) is 0 Å². The van der Waals surface area contributed by atoms with Gasteiger partial charge in [0, 0.05) is 25.9 Å². The number of methoxy groups -OCH3 is 1. The van der Waals surface area contributed by atoms with Crippen molar-refractivity contribution in [2.75, 3.05) is 12.4 Å². The van der Waals surface area contributed by atoms with Gasteiger partial charge in [-0.25, -0.2) is 0 Å². The van der Waals surface area contributed by atoms with Gasteiger partial charge < -0.3 is 10.1 Å². The topological polar surface area (TPSA) is 39.1 Å². The highest BCUT2D eigenvalue weighted by Crippen LogP contribution is 2.18. The molecule has 0 saturated heterocycles. The Balaban J connectivity index is 2.47. The average Bonchev–Trinajstić information content (AvgIpc) is 2.65. The van der Waals surface area contributed by atoms with E-state index in [1.54, 1.807) is 7.11 Å². The van der Waals surface area contributed by atoms with Gasteiger partial charge in [0.2, 0.25) is 0 Å². The quantitative estimate of drug-likeness (QED) is 0.795. The molecule has 0 radical (unpaired) electrons. The highest BCUT2D eigenvalue weighted by Gasteiger charge is 2.20. The molecule has 0 aliphatic carbocycles. The molecule has 0 saturated carbocycles. The number of aryl methyl sites for hydroxylation is 1. The summed E-state index contributed by atoms with van der Waals surface area (Å²) in [7, 11) is 1.76. The van der Waals surface area contributed by atoms with Gasteiger partial charge in [0.05, 0.1) is 17.5 Å². The molecule has 0 amide bonds. The monoisotopic (exact) mass is 239 g/mol. The first-order chi connectivity index (χ1) is 7.96. The van der Waals surface area contributed by atoms with Crippen LogP contribution in [-0.2, 0) is 11.3 Å². The van der Waals surface area contributed by atoms with Crippen LogP contribution in [0.2, 0.25) is 0 Å². The molecule has 0 bridgehead atoms. The summed E-state index contributed by atoms with van der Waals surface area (Å²) >= 11 is 0. The van der Waals surface area contributed by atoms with Gasteiger partial charge in [-0.2, -0.15) is 5.10 Å². The molecule has 1 heterocycles. The molecule has 1 N–H and O–H groups in total. The maximum absolute atomic E-state index is 5.43. The van der Waals surface area contributed by atoms with Crippen LogP contribution in [0, 0.1) is 0 Å². The van der Waals surface area contributed by atoms with Gasteiger partial charge in [0.1, 0.15) is 0 Å². The smallest absolute Gasteiger partial charge is 0.0728 e. The number of hydrogen-bond acceptors (Lipinski definition) is 3. The number of nitrogens with one attached hydrogen (secondary N) is 1. The molecular weight excluding hydrogens is 214 g/mol. The number of anilines is 1. The van der Waals surface area contributed by atoms with Gasteiger partial charge in [-0.05, 0) is 33.6 Å². The molecule has 0 aliphatic rings. The maximum atomic E-state index is 5.43. The zero-order valence-corrected chi connectivity index (χ0v) is 11.7.